The third-order valence-electron chi connectivity index (χ3n) is 1.27. The second-order valence-corrected chi connectivity index (χ2v) is 3.25. The molecule has 0 aliphatic heterocycles. The van der Waals surface area contributed by atoms with Crippen LogP contribution < -0.4 is 5.63 Å². The highest BCUT2D eigenvalue weighted by atomic mass is 127. The number of carbonyl (C=O) groups is 1. The van der Waals surface area contributed by atoms with E-state index in [1.54, 1.807) is 22.6 Å². The van der Waals surface area contributed by atoms with Crippen molar-refractivity contribution < 1.29 is 19.1 Å². The minimum absolute atomic E-state index is 0.227. The fourth-order valence-corrected chi connectivity index (χ4v) is 1.16. The van der Waals surface area contributed by atoms with Crippen LogP contribution in [-0.4, -0.2) is 18.2 Å². The van der Waals surface area contributed by atoms with Crippen LogP contribution in [0, 0.1) is 3.57 Å². The van der Waals surface area contributed by atoms with E-state index in [1.165, 1.54) is 13.2 Å². The molecule has 0 fully saturated rings. The number of rotatable bonds is 1. The number of carbonyl (C=O) groups excluding carboxylic acids is 1. The zero-order valence-corrected chi connectivity index (χ0v) is 10.7. The van der Waals surface area contributed by atoms with E-state index in [0.29, 0.717) is 0 Å². The van der Waals surface area contributed by atoms with Crippen LogP contribution in [0.2, 0.25) is 0 Å². The third-order valence-corrected chi connectivity index (χ3v) is 2.09. The number of methoxy groups -OCH3 is 1. The molecule has 1 aromatic heterocycles. The summed E-state index contributed by atoms with van der Waals surface area (Å²) in [5.74, 6) is -1.49. The monoisotopic (exact) mass is 326 g/mol. The lowest BCUT2D eigenvalue weighted by molar-refractivity contribution is 0.0558. The predicted molar refractivity (Wildman–Crippen MR) is 62.0 cm³/mol. The molecular formula is C9H11IO5. The van der Waals surface area contributed by atoms with Crippen LogP contribution in [0.4, 0.5) is 0 Å². The van der Waals surface area contributed by atoms with Crippen LogP contribution in [0.1, 0.15) is 24.4 Å². The number of ether oxygens (including phenoxy) is 1. The highest BCUT2D eigenvalue weighted by molar-refractivity contribution is 14.1. The van der Waals surface area contributed by atoms with Crippen LogP contribution in [0.25, 0.3) is 0 Å². The molecule has 0 aliphatic carbocycles. The maximum atomic E-state index is 10.9. The molecule has 1 aromatic rings. The minimum Gasteiger partial charge on any atom is -0.501 e. The summed E-state index contributed by atoms with van der Waals surface area (Å²) in [5.41, 5.74) is -0.952. The van der Waals surface area contributed by atoms with Crippen LogP contribution >= 0.6 is 22.6 Å². The van der Waals surface area contributed by atoms with Gasteiger partial charge in [-0.25, -0.2) is 9.59 Å². The highest BCUT2D eigenvalue weighted by Gasteiger charge is 2.14. The van der Waals surface area contributed by atoms with Gasteiger partial charge < -0.3 is 14.3 Å². The minimum atomic E-state index is -0.952. The van der Waals surface area contributed by atoms with E-state index in [2.05, 4.69) is 9.15 Å². The molecule has 1 N–H and O–H groups in total. The van der Waals surface area contributed by atoms with E-state index in [9.17, 15) is 9.59 Å². The molecule has 5 nitrogen and oxygen atoms in total. The van der Waals surface area contributed by atoms with Crippen molar-refractivity contribution in [2.24, 2.45) is 0 Å². The van der Waals surface area contributed by atoms with Crippen molar-refractivity contribution in [2.75, 3.05) is 7.11 Å². The van der Waals surface area contributed by atoms with Gasteiger partial charge in [-0.2, -0.15) is 0 Å². The Kier molecular flexibility index (Phi) is 5.99. The standard InChI is InChI=1S/C7H5IO5.C2H6/c1-12-6(10)4-2-3(8)5(9)7(11)13-4;1-2/h2,9H,1H3;1-2H3. The SMILES string of the molecule is CC.COC(=O)c1cc(I)c(O)c(=O)o1. The summed E-state index contributed by atoms with van der Waals surface area (Å²) in [6.07, 6.45) is 0. The van der Waals surface area contributed by atoms with Crippen molar-refractivity contribution in [3.05, 3.63) is 25.8 Å². The molecule has 15 heavy (non-hydrogen) atoms. The molecule has 0 spiro atoms. The zero-order chi connectivity index (χ0) is 12.0. The fourth-order valence-electron chi connectivity index (χ4n) is 0.660. The van der Waals surface area contributed by atoms with Gasteiger partial charge in [0.2, 0.25) is 11.5 Å². The van der Waals surface area contributed by atoms with Crippen molar-refractivity contribution in [3.63, 3.8) is 0 Å². The van der Waals surface area contributed by atoms with E-state index in [4.69, 9.17) is 5.11 Å². The van der Waals surface area contributed by atoms with Gasteiger partial charge in [-0.05, 0) is 22.6 Å². The number of aromatic hydroxyl groups is 1. The Hall–Kier alpha value is -1.05. The van der Waals surface area contributed by atoms with Crippen molar-refractivity contribution >= 4 is 28.6 Å². The normalized spacial score (nSPS) is 8.80. The summed E-state index contributed by atoms with van der Waals surface area (Å²) in [6.45, 7) is 4.00. The second kappa shape index (κ2) is 6.44. The molecule has 0 radical (unpaired) electrons. The largest absolute Gasteiger partial charge is 0.501 e. The molecule has 84 valence electrons. The lowest BCUT2D eigenvalue weighted by atomic mass is 10.4. The molecule has 0 saturated heterocycles. The summed E-state index contributed by atoms with van der Waals surface area (Å²) in [6, 6.07) is 1.23. The van der Waals surface area contributed by atoms with E-state index in [-0.39, 0.29) is 9.33 Å². The summed E-state index contributed by atoms with van der Waals surface area (Å²) in [4.78, 5) is 21.7. The molecule has 0 unspecified atom stereocenters. The molecule has 6 heteroatoms. The first-order valence-electron chi connectivity index (χ1n) is 4.17. The summed E-state index contributed by atoms with van der Waals surface area (Å²) in [7, 11) is 1.17. The molecular weight excluding hydrogens is 315 g/mol. The maximum absolute atomic E-state index is 10.9. The van der Waals surface area contributed by atoms with Gasteiger partial charge in [0.25, 0.3) is 0 Å². The topological polar surface area (TPSA) is 76.7 Å². The molecule has 1 rings (SSSR count). The van der Waals surface area contributed by atoms with Gasteiger partial charge in [-0.3, -0.25) is 0 Å². The van der Waals surface area contributed by atoms with E-state index >= 15 is 0 Å². The number of halogens is 1. The van der Waals surface area contributed by atoms with Crippen molar-refractivity contribution in [2.45, 2.75) is 13.8 Å². The Labute approximate surface area is 100 Å². The molecule has 0 aromatic carbocycles. The van der Waals surface area contributed by atoms with Gasteiger partial charge in [-0.1, -0.05) is 13.8 Å². The number of esters is 1. The van der Waals surface area contributed by atoms with Crippen LogP contribution in [-0.2, 0) is 4.74 Å². The molecule has 0 amide bonds. The van der Waals surface area contributed by atoms with E-state index in [1.807, 2.05) is 13.8 Å². The van der Waals surface area contributed by atoms with Gasteiger partial charge >= 0.3 is 11.6 Å². The summed E-state index contributed by atoms with van der Waals surface area (Å²) < 4.78 is 9.03. The smallest absolute Gasteiger partial charge is 0.380 e. The Morgan fingerprint density at radius 3 is 2.47 bits per heavy atom. The molecule has 1 heterocycles. The average molecular weight is 326 g/mol. The zero-order valence-electron chi connectivity index (χ0n) is 8.54. The van der Waals surface area contributed by atoms with E-state index < -0.39 is 17.3 Å². The van der Waals surface area contributed by atoms with Gasteiger partial charge in [0.15, 0.2) is 0 Å². The van der Waals surface area contributed by atoms with Gasteiger partial charge in [0, 0.05) is 6.07 Å². The third kappa shape index (κ3) is 3.54. The Morgan fingerprint density at radius 2 is 2.07 bits per heavy atom. The number of hydrogen-bond acceptors (Lipinski definition) is 5. The van der Waals surface area contributed by atoms with E-state index in [0.717, 1.165) is 0 Å². The quantitative estimate of drug-likeness (QED) is 0.629. The fraction of sp³-hybridized carbons (Fsp3) is 0.333. The van der Waals surface area contributed by atoms with Crippen LogP contribution in [0.15, 0.2) is 15.3 Å². The van der Waals surface area contributed by atoms with Crippen LogP contribution in [0.5, 0.6) is 5.75 Å². The first-order chi connectivity index (χ1) is 7.06. The highest BCUT2D eigenvalue weighted by Crippen LogP contribution is 2.15. The first kappa shape index (κ1) is 13.9. The van der Waals surface area contributed by atoms with Gasteiger partial charge in [0.1, 0.15) is 0 Å². The van der Waals surface area contributed by atoms with Gasteiger partial charge in [0.05, 0.1) is 10.7 Å². The van der Waals surface area contributed by atoms with Crippen molar-refractivity contribution in [3.8, 4) is 5.75 Å². The van der Waals surface area contributed by atoms with Crippen molar-refractivity contribution in [1.82, 2.24) is 0 Å². The molecule has 0 bridgehead atoms. The van der Waals surface area contributed by atoms with Crippen molar-refractivity contribution in [1.29, 1.82) is 0 Å². The maximum Gasteiger partial charge on any atom is 0.380 e. The molecule has 0 saturated carbocycles. The predicted octanol–water partition coefficient (Wildman–Crippen LogP) is 1.76. The average Bonchev–Trinajstić information content (AvgIpc) is 2.26. The molecule has 0 aliphatic rings. The first-order valence-corrected chi connectivity index (χ1v) is 5.25. The number of hydrogen-bond donors (Lipinski definition) is 1. The summed E-state index contributed by atoms with van der Waals surface area (Å²) in [5, 5.41) is 9.02. The second-order valence-electron chi connectivity index (χ2n) is 2.09. The lowest BCUT2D eigenvalue weighted by Crippen LogP contribution is -2.08. The van der Waals surface area contributed by atoms with Crippen LogP contribution in [0.3, 0.4) is 0 Å². The molecule has 0 atom stereocenters. The Bertz CT molecular complexity index is 396. The Morgan fingerprint density at radius 1 is 1.53 bits per heavy atom. The summed E-state index contributed by atoms with van der Waals surface area (Å²) >= 11 is 1.71. The lowest BCUT2D eigenvalue weighted by Gasteiger charge is -1.98. The Balaban J connectivity index is 0.000000921. The van der Waals surface area contributed by atoms with Gasteiger partial charge in [-0.15, -0.1) is 0 Å².